The zero-order valence-corrected chi connectivity index (χ0v) is 26.3. The Balaban J connectivity index is 2.05. The molecule has 0 saturated heterocycles. The van der Waals surface area contributed by atoms with Crippen LogP contribution in [0.5, 0.6) is 0 Å². The summed E-state index contributed by atoms with van der Waals surface area (Å²) in [4.78, 5) is 28.7. The van der Waals surface area contributed by atoms with E-state index in [0.717, 1.165) is 37.5 Å². The molecule has 2 atom stereocenters. The van der Waals surface area contributed by atoms with Crippen molar-refractivity contribution in [1.29, 1.82) is 0 Å². The summed E-state index contributed by atoms with van der Waals surface area (Å²) in [5, 5.41) is 2.95. The van der Waals surface area contributed by atoms with Gasteiger partial charge in [0.05, 0.1) is 10.6 Å². The molecule has 2 amide bonds. The highest BCUT2D eigenvalue weighted by Gasteiger charge is 2.33. The highest BCUT2D eigenvalue weighted by Crippen LogP contribution is 2.27. The SMILES string of the molecule is CC[C@H](C)NC(=O)[C@H](C)N(Cc1cccc(Br)c1)C(=O)CN(c1ccc(C)c(C)c1)S(=O)(=O)c1ccc(C)cc1. The van der Waals surface area contributed by atoms with E-state index in [-0.39, 0.29) is 23.4 Å². The Morgan fingerprint density at radius 3 is 2.20 bits per heavy atom. The first-order valence-corrected chi connectivity index (χ1v) is 15.6. The van der Waals surface area contributed by atoms with Gasteiger partial charge >= 0.3 is 0 Å². The lowest BCUT2D eigenvalue weighted by Crippen LogP contribution is -2.52. The molecular weight excluding hydrogens is 590 g/mol. The number of sulfonamides is 1. The predicted molar refractivity (Wildman–Crippen MR) is 164 cm³/mol. The second-order valence-electron chi connectivity index (χ2n) is 10.2. The van der Waals surface area contributed by atoms with Gasteiger partial charge in [0.2, 0.25) is 11.8 Å². The van der Waals surface area contributed by atoms with Gasteiger partial charge in [-0.2, -0.15) is 0 Å². The molecule has 0 radical (unpaired) electrons. The van der Waals surface area contributed by atoms with Crippen LogP contribution in [0.2, 0.25) is 0 Å². The van der Waals surface area contributed by atoms with Crippen LogP contribution in [0.4, 0.5) is 5.69 Å². The summed E-state index contributed by atoms with van der Waals surface area (Å²) in [6.45, 7) is 10.9. The fourth-order valence-electron chi connectivity index (χ4n) is 4.13. The van der Waals surface area contributed by atoms with E-state index in [4.69, 9.17) is 0 Å². The predicted octanol–water partition coefficient (Wildman–Crippen LogP) is 5.90. The van der Waals surface area contributed by atoms with Crippen LogP contribution in [0.25, 0.3) is 0 Å². The fourth-order valence-corrected chi connectivity index (χ4v) is 5.98. The van der Waals surface area contributed by atoms with Crippen LogP contribution in [-0.2, 0) is 26.2 Å². The Morgan fingerprint density at radius 2 is 1.60 bits per heavy atom. The van der Waals surface area contributed by atoms with Gasteiger partial charge in [0.15, 0.2) is 0 Å². The lowest BCUT2D eigenvalue weighted by Gasteiger charge is -2.32. The maximum Gasteiger partial charge on any atom is 0.264 e. The smallest absolute Gasteiger partial charge is 0.264 e. The van der Waals surface area contributed by atoms with Gasteiger partial charge in [-0.1, -0.05) is 58.7 Å². The van der Waals surface area contributed by atoms with E-state index >= 15 is 0 Å². The van der Waals surface area contributed by atoms with Crippen LogP contribution in [0.15, 0.2) is 76.1 Å². The highest BCUT2D eigenvalue weighted by atomic mass is 79.9. The Labute approximate surface area is 246 Å². The third-order valence-corrected chi connectivity index (χ3v) is 9.36. The third kappa shape index (κ3) is 7.73. The van der Waals surface area contributed by atoms with E-state index in [1.54, 1.807) is 43.3 Å². The van der Waals surface area contributed by atoms with Gasteiger partial charge < -0.3 is 10.2 Å². The van der Waals surface area contributed by atoms with Crippen molar-refractivity contribution in [1.82, 2.24) is 10.2 Å². The monoisotopic (exact) mass is 627 g/mol. The molecule has 0 unspecified atom stereocenters. The van der Waals surface area contributed by atoms with Crippen molar-refractivity contribution in [3.8, 4) is 0 Å². The number of nitrogens with one attached hydrogen (secondary N) is 1. The summed E-state index contributed by atoms with van der Waals surface area (Å²) in [5.74, 6) is -0.780. The van der Waals surface area contributed by atoms with Gasteiger partial charge in [0, 0.05) is 17.1 Å². The topological polar surface area (TPSA) is 86.8 Å². The number of carbonyl (C=O) groups excluding carboxylic acids is 2. The van der Waals surface area contributed by atoms with Crippen molar-refractivity contribution in [2.45, 2.75) is 71.5 Å². The highest BCUT2D eigenvalue weighted by molar-refractivity contribution is 9.10. The van der Waals surface area contributed by atoms with Crippen LogP contribution >= 0.6 is 15.9 Å². The van der Waals surface area contributed by atoms with Gasteiger partial charge in [-0.15, -0.1) is 0 Å². The van der Waals surface area contributed by atoms with Crippen molar-refractivity contribution in [3.05, 3.63) is 93.5 Å². The molecule has 0 fully saturated rings. The maximum absolute atomic E-state index is 14.0. The van der Waals surface area contributed by atoms with Crippen molar-refractivity contribution in [3.63, 3.8) is 0 Å². The molecule has 0 aromatic heterocycles. The van der Waals surface area contributed by atoms with Gasteiger partial charge in [-0.3, -0.25) is 13.9 Å². The number of amides is 2. The molecule has 0 aliphatic heterocycles. The summed E-state index contributed by atoms with van der Waals surface area (Å²) in [5.41, 5.74) is 4.03. The quantitative estimate of drug-likeness (QED) is 0.287. The Hall–Kier alpha value is -3.17. The molecule has 3 rings (SSSR count). The second-order valence-corrected chi connectivity index (χ2v) is 13.0. The number of aryl methyl sites for hydroxylation is 3. The Morgan fingerprint density at radius 1 is 0.925 bits per heavy atom. The van der Waals surface area contributed by atoms with E-state index in [9.17, 15) is 18.0 Å². The minimum atomic E-state index is -4.10. The fraction of sp³-hybridized carbons (Fsp3) is 0.355. The van der Waals surface area contributed by atoms with E-state index in [1.807, 2.05) is 65.0 Å². The average Bonchev–Trinajstić information content (AvgIpc) is 2.91. The molecule has 0 spiro atoms. The number of hydrogen-bond acceptors (Lipinski definition) is 4. The van der Waals surface area contributed by atoms with E-state index in [2.05, 4.69) is 21.2 Å². The molecule has 3 aromatic carbocycles. The molecule has 0 aliphatic carbocycles. The maximum atomic E-state index is 14.0. The number of nitrogens with zero attached hydrogens (tertiary/aromatic N) is 2. The molecule has 3 aromatic rings. The Kier molecular flexibility index (Phi) is 10.6. The first kappa shape index (κ1) is 31.4. The summed E-state index contributed by atoms with van der Waals surface area (Å²) < 4.78 is 29.9. The Bertz CT molecular complexity index is 1460. The third-order valence-electron chi connectivity index (χ3n) is 7.08. The zero-order chi connectivity index (χ0) is 29.6. The minimum absolute atomic E-state index is 0.0632. The first-order valence-electron chi connectivity index (χ1n) is 13.3. The number of benzene rings is 3. The van der Waals surface area contributed by atoms with Gasteiger partial charge in [0.25, 0.3) is 10.0 Å². The number of anilines is 1. The van der Waals surface area contributed by atoms with E-state index < -0.39 is 28.5 Å². The van der Waals surface area contributed by atoms with Crippen LogP contribution in [-0.4, -0.2) is 43.8 Å². The molecule has 1 N–H and O–H groups in total. The number of halogens is 1. The lowest BCUT2D eigenvalue weighted by atomic mass is 10.1. The molecule has 214 valence electrons. The first-order chi connectivity index (χ1) is 18.8. The lowest BCUT2D eigenvalue weighted by molar-refractivity contribution is -0.139. The molecule has 0 aliphatic rings. The van der Waals surface area contributed by atoms with Gasteiger partial charge in [-0.25, -0.2) is 8.42 Å². The standard InChI is InChI=1S/C31H38BrN3O4S/c1-7-24(5)33-31(37)25(6)34(19-26-9-8-10-27(32)18-26)30(36)20-35(28-14-13-22(3)23(4)17-28)40(38,39)29-15-11-21(2)12-16-29/h8-18,24-25H,7,19-20H2,1-6H3,(H,33,37)/t24-,25-/m0/s1. The number of hydrogen-bond donors (Lipinski definition) is 1. The molecule has 9 heteroatoms. The van der Waals surface area contributed by atoms with Crippen LogP contribution in [0.1, 0.15) is 49.4 Å². The van der Waals surface area contributed by atoms with Crippen LogP contribution in [0.3, 0.4) is 0 Å². The largest absolute Gasteiger partial charge is 0.352 e. The van der Waals surface area contributed by atoms with Gasteiger partial charge in [0.1, 0.15) is 12.6 Å². The molecule has 40 heavy (non-hydrogen) atoms. The summed E-state index contributed by atoms with van der Waals surface area (Å²) in [7, 11) is -4.10. The minimum Gasteiger partial charge on any atom is -0.352 e. The number of rotatable bonds is 11. The molecule has 0 bridgehead atoms. The average molecular weight is 629 g/mol. The summed E-state index contributed by atoms with van der Waals surface area (Å²) in [6.07, 6.45) is 0.743. The van der Waals surface area contributed by atoms with Crippen molar-refractivity contribution < 1.29 is 18.0 Å². The summed E-state index contributed by atoms with van der Waals surface area (Å²) >= 11 is 3.47. The second kappa shape index (κ2) is 13.5. The molecule has 7 nitrogen and oxygen atoms in total. The molecular formula is C31H38BrN3O4S. The normalized spacial score (nSPS) is 12.9. The molecule has 0 saturated carbocycles. The van der Waals surface area contributed by atoms with Gasteiger partial charge in [-0.05, 0) is 94.1 Å². The number of carbonyl (C=O) groups is 2. The zero-order valence-electron chi connectivity index (χ0n) is 23.9. The van der Waals surface area contributed by atoms with Crippen molar-refractivity contribution in [2.75, 3.05) is 10.8 Å². The van der Waals surface area contributed by atoms with E-state index in [1.165, 1.54) is 4.90 Å². The van der Waals surface area contributed by atoms with E-state index in [0.29, 0.717) is 5.69 Å². The van der Waals surface area contributed by atoms with Crippen molar-refractivity contribution in [2.24, 2.45) is 0 Å². The van der Waals surface area contributed by atoms with Crippen LogP contribution in [0, 0.1) is 20.8 Å². The van der Waals surface area contributed by atoms with Crippen molar-refractivity contribution >= 4 is 43.5 Å². The molecule has 0 heterocycles. The summed E-state index contributed by atoms with van der Waals surface area (Å²) in [6, 6.07) is 18.5. The van der Waals surface area contributed by atoms with Crippen LogP contribution < -0.4 is 9.62 Å².